The minimum Gasteiger partial charge on any atom is -0.460 e. The van der Waals surface area contributed by atoms with Crippen molar-refractivity contribution in [3.63, 3.8) is 0 Å². The van der Waals surface area contributed by atoms with Gasteiger partial charge in [-0.05, 0) is 24.3 Å². The normalized spacial score (nSPS) is 28.1. The fraction of sp³-hybridized carbons (Fsp3) is 0.312. The Morgan fingerprint density at radius 1 is 1.11 bits per heavy atom. The highest BCUT2D eigenvalue weighted by Gasteiger charge is 2.50. The highest BCUT2D eigenvalue weighted by molar-refractivity contribution is 7.86. The molecule has 1 saturated heterocycles. The average Bonchev–Trinajstić information content (AvgIpc) is 2.61. The van der Waals surface area contributed by atoms with E-state index >= 15 is 0 Å². The quantitative estimate of drug-likeness (QED) is 0.506. The SMILES string of the molecule is O=S(=O)(O)C1O[C@@H](Oc2cncc(-c3ccc(F)cc3Cl)c2)[C@H](O)[C@@H](O)[C@@H]1O. The first-order valence-corrected chi connectivity index (χ1v) is 9.69. The number of pyridine rings is 1. The lowest BCUT2D eigenvalue weighted by Gasteiger charge is -2.38. The Morgan fingerprint density at radius 2 is 1.82 bits per heavy atom. The second-order valence-electron chi connectivity index (χ2n) is 6.01. The minimum atomic E-state index is -4.91. The van der Waals surface area contributed by atoms with E-state index in [0.717, 1.165) is 6.07 Å². The number of aliphatic hydroxyl groups excluding tert-OH is 3. The summed E-state index contributed by atoms with van der Waals surface area (Å²) in [5, 5.41) is 29.6. The van der Waals surface area contributed by atoms with E-state index < -0.39 is 46.0 Å². The molecule has 2 heterocycles. The first-order chi connectivity index (χ1) is 13.1. The Labute approximate surface area is 163 Å². The van der Waals surface area contributed by atoms with Gasteiger partial charge in [0.1, 0.15) is 29.9 Å². The zero-order valence-electron chi connectivity index (χ0n) is 13.9. The maximum atomic E-state index is 13.2. The molecular weight excluding hydrogens is 421 g/mol. The Kier molecular flexibility index (Phi) is 5.87. The van der Waals surface area contributed by atoms with E-state index in [0.29, 0.717) is 11.1 Å². The Balaban J connectivity index is 1.87. The zero-order valence-corrected chi connectivity index (χ0v) is 15.5. The van der Waals surface area contributed by atoms with Crippen molar-refractivity contribution >= 4 is 21.7 Å². The summed E-state index contributed by atoms with van der Waals surface area (Å²) in [4.78, 5) is 3.92. The van der Waals surface area contributed by atoms with E-state index in [1.165, 1.54) is 30.6 Å². The maximum absolute atomic E-state index is 13.2. The van der Waals surface area contributed by atoms with Crippen molar-refractivity contribution in [3.8, 4) is 16.9 Å². The summed E-state index contributed by atoms with van der Waals surface area (Å²) in [5.74, 6) is -0.545. The fourth-order valence-electron chi connectivity index (χ4n) is 2.65. The van der Waals surface area contributed by atoms with Gasteiger partial charge in [-0.15, -0.1) is 0 Å². The molecule has 5 atom stereocenters. The van der Waals surface area contributed by atoms with Crippen LogP contribution in [0.2, 0.25) is 5.02 Å². The molecule has 2 aromatic rings. The van der Waals surface area contributed by atoms with Crippen LogP contribution in [0.25, 0.3) is 11.1 Å². The van der Waals surface area contributed by atoms with Gasteiger partial charge in [0.15, 0.2) is 0 Å². The van der Waals surface area contributed by atoms with Gasteiger partial charge in [0.05, 0.1) is 11.2 Å². The van der Waals surface area contributed by atoms with Crippen molar-refractivity contribution in [3.05, 3.63) is 47.5 Å². The third kappa shape index (κ3) is 4.25. The zero-order chi connectivity index (χ0) is 20.6. The molecule has 0 radical (unpaired) electrons. The summed E-state index contributed by atoms with van der Waals surface area (Å²) in [6, 6.07) is 5.12. The number of hydrogen-bond donors (Lipinski definition) is 4. The molecule has 28 heavy (non-hydrogen) atoms. The van der Waals surface area contributed by atoms with E-state index in [1.54, 1.807) is 0 Å². The summed E-state index contributed by atoms with van der Waals surface area (Å²) in [7, 11) is -4.91. The molecule has 0 aliphatic carbocycles. The van der Waals surface area contributed by atoms with Gasteiger partial charge in [-0.3, -0.25) is 9.54 Å². The van der Waals surface area contributed by atoms with Crippen LogP contribution in [0.5, 0.6) is 5.75 Å². The largest absolute Gasteiger partial charge is 0.460 e. The van der Waals surface area contributed by atoms with Gasteiger partial charge in [-0.2, -0.15) is 8.42 Å². The van der Waals surface area contributed by atoms with Crippen molar-refractivity contribution in [1.29, 1.82) is 0 Å². The molecule has 0 bridgehead atoms. The lowest BCUT2D eigenvalue weighted by Crippen LogP contribution is -2.61. The molecule has 4 N–H and O–H groups in total. The van der Waals surface area contributed by atoms with Crippen LogP contribution in [0.15, 0.2) is 36.7 Å². The summed E-state index contributed by atoms with van der Waals surface area (Å²) >= 11 is 6.01. The highest BCUT2D eigenvalue weighted by atomic mass is 35.5. The van der Waals surface area contributed by atoms with Crippen LogP contribution in [0.4, 0.5) is 4.39 Å². The summed E-state index contributed by atoms with van der Waals surface area (Å²) in [6.45, 7) is 0. The molecule has 9 nitrogen and oxygen atoms in total. The molecular formula is C16H15ClFNO8S. The van der Waals surface area contributed by atoms with Crippen LogP contribution in [-0.4, -0.2) is 63.3 Å². The van der Waals surface area contributed by atoms with Crippen LogP contribution < -0.4 is 4.74 Å². The van der Waals surface area contributed by atoms with E-state index in [9.17, 15) is 28.1 Å². The molecule has 1 aromatic carbocycles. The van der Waals surface area contributed by atoms with Gasteiger partial charge in [0.25, 0.3) is 10.1 Å². The molecule has 3 rings (SSSR count). The molecule has 12 heteroatoms. The first-order valence-electron chi connectivity index (χ1n) is 7.81. The number of hydrogen-bond acceptors (Lipinski definition) is 8. The monoisotopic (exact) mass is 435 g/mol. The second-order valence-corrected chi connectivity index (χ2v) is 7.91. The predicted molar refractivity (Wildman–Crippen MR) is 93.5 cm³/mol. The summed E-state index contributed by atoms with van der Waals surface area (Å²) < 4.78 is 55.2. The van der Waals surface area contributed by atoms with Crippen LogP contribution in [0.1, 0.15) is 0 Å². The molecule has 1 fully saturated rings. The molecule has 1 aromatic heterocycles. The van der Waals surface area contributed by atoms with Crippen LogP contribution in [0, 0.1) is 5.82 Å². The topological polar surface area (TPSA) is 146 Å². The van der Waals surface area contributed by atoms with Gasteiger partial charge >= 0.3 is 0 Å². The summed E-state index contributed by atoms with van der Waals surface area (Å²) in [6.07, 6.45) is -5.02. The minimum absolute atomic E-state index is 0.0142. The average molecular weight is 436 g/mol. The molecule has 1 aliphatic heterocycles. The first kappa shape index (κ1) is 20.9. The van der Waals surface area contributed by atoms with Gasteiger partial charge in [-0.1, -0.05) is 11.6 Å². The third-order valence-electron chi connectivity index (χ3n) is 4.03. The Bertz CT molecular complexity index is 975. The number of rotatable bonds is 4. The van der Waals surface area contributed by atoms with Crippen molar-refractivity contribution in [2.24, 2.45) is 0 Å². The maximum Gasteiger partial charge on any atom is 0.295 e. The van der Waals surface area contributed by atoms with Crippen LogP contribution >= 0.6 is 11.6 Å². The van der Waals surface area contributed by atoms with Gasteiger partial charge in [0, 0.05) is 17.3 Å². The number of aliphatic hydroxyl groups is 3. The van der Waals surface area contributed by atoms with Crippen molar-refractivity contribution in [2.75, 3.05) is 0 Å². The number of benzene rings is 1. The van der Waals surface area contributed by atoms with E-state index in [1.807, 2.05) is 0 Å². The Hall–Kier alpha value is -1.86. The van der Waals surface area contributed by atoms with E-state index in [4.69, 9.17) is 25.6 Å². The second kappa shape index (κ2) is 7.87. The number of aromatic nitrogens is 1. The third-order valence-corrected chi connectivity index (χ3v) is 5.32. The summed E-state index contributed by atoms with van der Waals surface area (Å²) in [5.41, 5.74) is -1.38. The van der Waals surface area contributed by atoms with Crippen molar-refractivity contribution < 1.29 is 42.2 Å². The number of halogens is 2. The molecule has 0 spiro atoms. The highest BCUT2D eigenvalue weighted by Crippen LogP contribution is 2.31. The van der Waals surface area contributed by atoms with E-state index in [2.05, 4.69) is 4.98 Å². The van der Waals surface area contributed by atoms with Gasteiger partial charge < -0.3 is 24.8 Å². The lowest BCUT2D eigenvalue weighted by atomic mass is 10.1. The Morgan fingerprint density at radius 3 is 2.46 bits per heavy atom. The molecule has 152 valence electrons. The molecule has 1 aliphatic rings. The molecule has 0 saturated carbocycles. The lowest BCUT2D eigenvalue weighted by molar-refractivity contribution is -0.254. The number of ether oxygens (including phenoxy) is 2. The predicted octanol–water partition coefficient (Wildman–Crippen LogP) is 0.573. The smallest absolute Gasteiger partial charge is 0.295 e. The molecule has 1 unspecified atom stereocenters. The van der Waals surface area contributed by atoms with Gasteiger partial charge in [-0.25, -0.2) is 4.39 Å². The number of nitrogens with zero attached hydrogens (tertiary/aromatic N) is 1. The van der Waals surface area contributed by atoms with Crippen LogP contribution in [0.3, 0.4) is 0 Å². The van der Waals surface area contributed by atoms with Crippen LogP contribution in [-0.2, 0) is 14.9 Å². The fourth-order valence-corrected chi connectivity index (χ4v) is 3.69. The van der Waals surface area contributed by atoms with E-state index in [-0.39, 0.29) is 10.8 Å². The van der Waals surface area contributed by atoms with Gasteiger partial charge in [0.2, 0.25) is 11.7 Å². The molecule has 0 amide bonds. The van der Waals surface area contributed by atoms with Crippen molar-refractivity contribution in [1.82, 2.24) is 4.98 Å². The standard InChI is InChI=1S/C16H15ClFNO8S/c17-11-4-8(18)1-2-10(11)7-3-9(6-19-5-7)26-15-13(21)12(20)14(22)16(27-15)28(23,24)25/h1-6,12-16,20-22H,(H,23,24,25)/t12-,13-,14+,15-,16?/m1/s1. The van der Waals surface area contributed by atoms with Crippen molar-refractivity contribution in [2.45, 2.75) is 30.0 Å².